The summed E-state index contributed by atoms with van der Waals surface area (Å²) in [5.41, 5.74) is 1.09. The molecule has 0 radical (unpaired) electrons. The van der Waals surface area contributed by atoms with Gasteiger partial charge in [0.1, 0.15) is 5.75 Å². The third-order valence-corrected chi connectivity index (χ3v) is 5.19. The van der Waals surface area contributed by atoms with Gasteiger partial charge >= 0.3 is 5.97 Å². The highest BCUT2D eigenvalue weighted by Gasteiger charge is 2.14. The molecule has 148 valence electrons. The number of hydrogen-bond donors (Lipinski definition) is 2. The molecule has 7 nitrogen and oxygen atoms in total. The maximum absolute atomic E-state index is 12.3. The molecule has 2 rings (SSSR count). The Morgan fingerprint density at radius 1 is 1.11 bits per heavy atom. The van der Waals surface area contributed by atoms with Gasteiger partial charge in [0, 0.05) is 17.7 Å². The number of carboxylic acids is 1. The van der Waals surface area contributed by atoms with Gasteiger partial charge in [0.05, 0.1) is 17.9 Å². The van der Waals surface area contributed by atoms with Crippen LogP contribution in [0.25, 0.3) is 6.08 Å². The summed E-state index contributed by atoms with van der Waals surface area (Å²) in [4.78, 5) is 22.8. The first-order chi connectivity index (χ1) is 13.3. The second kappa shape index (κ2) is 9.82. The van der Waals surface area contributed by atoms with Crippen molar-refractivity contribution < 1.29 is 27.9 Å². The van der Waals surface area contributed by atoms with Gasteiger partial charge in [-0.2, -0.15) is 0 Å². The van der Waals surface area contributed by atoms with Crippen molar-refractivity contribution in [2.24, 2.45) is 0 Å². The lowest BCUT2D eigenvalue weighted by Crippen LogP contribution is -2.26. The van der Waals surface area contributed by atoms with Crippen molar-refractivity contribution in [2.45, 2.75) is 18.2 Å². The normalized spacial score (nSPS) is 11.5. The number of rotatable bonds is 10. The van der Waals surface area contributed by atoms with Crippen molar-refractivity contribution in [1.82, 2.24) is 4.72 Å². The highest BCUT2D eigenvalue weighted by atomic mass is 32.2. The highest BCUT2D eigenvalue weighted by Crippen LogP contribution is 2.20. The number of carbonyl (C=O) groups excluding carboxylic acids is 1. The maximum atomic E-state index is 12.3. The molecule has 0 spiro atoms. The number of allylic oxidation sites excluding steroid dienone is 1. The minimum absolute atomic E-state index is 0.0416. The van der Waals surface area contributed by atoms with E-state index in [1.807, 2.05) is 31.2 Å². The molecule has 0 aliphatic rings. The van der Waals surface area contributed by atoms with Crippen LogP contribution in [0.5, 0.6) is 5.75 Å². The van der Waals surface area contributed by atoms with Crippen molar-refractivity contribution in [3.05, 3.63) is 65.7 Å². The minimum atomic E-state index is -3.82. The number of ether oxygens (including phenoxy) is 1. The third-order valence-electron chi connectivity index (χ3n) is 3.71. The summed E-state index contributed by atoms with van der Waals surface area (Å²) in [5, 5.41) is 8.57. The molecule has 0 atom stereocenters. The first-order valence-corrected chi connectivity index (χ1v) is 10.1. The molecule has 0 heterocycles. The van der Waals surface area contributed by atoms with Gasteiger partial charge in [-0.3, -0.25) is 9.59 Å². The first kappa shape index (κ1) is 21.3. The Morgan fingerprint density at radius 2 is 1.79 bits per heavy atom. The summed E-state index contributed by atoms with van der Waals surface area (Å²) >= 11 is 0. The Kier molecular flexibility index (Phi) is 7.48. The van der Waals surface area contributed by atoms with E-state index in [-0.39, 0.29) is 23.6 Å². The second-order valence-corrected chi connectivity index (χ2v) is 7.50. The van der Waals surface area contributed by atoms with Crippen LogP contribution >= 0.6 is 0 Å². The van der Waals surface area contributed by atoms with Crippen LogP contribution < -0.4 is 9.46 Å². The molecule has 0 bridgehead atoms. The molecule has 2 N–H and O–H groups in total. The summed E-state index contributed by atoms with van der Waals surface area (Å²) in [7, 11) is -3.82. The summed E-state index contributed by atoms with van der Waals surface area (Å²) in [6.07, 6.45) is 2.72. The molecule has 0 saturated heterocycles. The van der Waals surface area contributed by atoms with E-state index in [1.54, 1.807) is 6.08 Å². The maximum Gasteiger partial charge on any atom is 0.304 e. The van der Waals surface area contributed by atoms with Gasteiger partial charge in [0.2, 0.25) is 10.0 Å². The number of carbonyl (C=O) groups is 2. The number of hydrogen-bond acceptors (Lipinski definition) is 5. The van der Waals surface area contributed by atoms with Crippen molar-refractivity contribution in [3.8, 4) is 5.75 Å². The Balaban J connectivity index is 2.09. The Hall–Kier alpha value is -2.97. The fourth-order valence-corrected chi connectivity index (χ4v) is 3.37. The topological polar surface area (TPSA) is 110 Å². The monoisotopic (exact) mass is 403 g/mol. The van der Waals surface area contributed by atoms with Crippen LogP contribution in [0.4, 0.5) is 0 Å². The van der Waals surface area contributed by atoms with Gasteiger partial charge in [-0.1, -0.05) is 18.2 Å². The van der Waals surface area contributed by atoms with Crippen molar-refractivity contribution >= 4 is 27.9 Å². The summed E-state index contributed by atoms with van der Waals surface area (Å²) in [6.45, 7) is 2.17. The van der Waals surface area contributed by atoms with E-state index in [9.17, 15) is 18.0 Å². The molecular formula is C20H21NO6S. The lowest BCUT2D eigenvalue weighted by atomic mass is 10.1. The zero-order valence-corrected chi connectivity index (χ0v) is 16.1. The van der Waals surface area contributed by atoms with Gasteiger partial charge < -0.3 is 9.84 Å². The summed E-state index contributed by atoms with van der Waals surface area (Å²) in [5.74, 6) is -0.710. The number of para-hydroxylation sites is 1. The molecular weight excluding hydrogens is 382 g/mol. The largest absolute Gasteiger partial charge is 0.493 e. The van der Waals surface area contributed by atoms with E-state index >= 15 is 0 Å². The van der Waals surface area contributed by atoms with Gasteiger partial charge in [-0.05, 0) is 49.4 Å². The number of carboxylic acid groups (broad SMARTS) is 1. The zero-order chi connectivity index (χ0) is 20.6. The van der Waals surface area contributed by atoms with E-state index in [2.05, 4.69) is 4.72 Å². The van der Waals surface area contributed by atoms with Crippen LogP contribution in [0.15, 0.2) is 59.5 Å². The molecule has 0 aromatic heterocycles. The lowest BCUT2D eigenvalue weighted by Gasteiger charge is -2.07. The average molecular weight is 403 g/mol. The average Bonchev–Trinajstić information content (AvgIpc) is 2.67. The Labute approximate surface area is 163 Å². The molecule has 0 aliphatic heterocycles. The molecule has 0 amide bonds. The van der Waals surface area contributed by atoms with Gasteiger partial charge in [0.25, 0.3) is 0 Å². The standard InChI is InChI=1S/C20H21NO6S/c1-2-27-19-6-4-3-5-16(19)9-12-18(22)15-7-10-17(11-8-15)28(25,26)21-14-13-20(23)24/h3-12,21H,2,13-14H2,1H3,(H,23,24)/b12-9+. The van der Waals surface area contributed by atoms with Crippen LogP contribution in [0, 0.1) is 0 Å². The first-order valence-electron chi connectivity index (χ1n) is 8.59. The molecule has 8 heteroatoms. The van der Waals surface area contributed by atoms with E-state index in [0.29, 0.717) is 17.9 Å². The molecule has 0 fully saturated rings. The highest BCUT2D eigenvalue weighted by molar-refractivity contribution is 7.89. The lowest BCUT2D eigenvalue weighted by molar-refractivity contribution is -0.136. The van der Waals surface area contributed by atoms with E-state index in [0.717, 1.165) is 5.56 Å². The van der Waals surface area contributed by atoms with Crippen LogP contribution in [0.2, 0.25) is 0 Å². The third kappa shape index (κ3) is 6.04. The SMILES string of the molecule is CCOc1ccccc1/C=C/C(=O)c1ccc(S(=O)(=O)NCCC(=O)O)cc1. The number of ketones is 1. The zero-order valence-electron chi connectivity index (χ0n) is 15.3. The Bertz CT molecular complexity index is 964. The molecule has 0 saturated carbocycles. The number of sulfonamides is 1. The van der Waals surface area contributed by atoms with Crippen LogP contribution in [-0.2, 0) is 14.8 Å². The van der Waals surface area contributed by atoms with Crippen molar-refractivity contribution in [1.29, 1.82) is 0 Å². The molecule has 2 aromatic carbocycles. The van der Waals surface area contributed by atoms with Crippen molar-refractivity contribution in [3.63, 3.8) is 0 Å². The predicted molar refractivity (Wildman–Crippen MR) is 105 cm³/mol. The number of benzene rings is 2. The van der Waals surface area contributed by atoms with Gasteiger partial charge in [-0.15, -0.1) is 0 Å². The molecule has 0 aliphatic carbocycles. The van der Waals surface area contributed by atoms with Crippen LogP contribution in [0.1, 0.15) is 29.3 Å². The van der Waals surface area contributed by atoms with E-state index in [4.69, 9.17) is 9.84 Å². The summed E-state index contributed by atoms with van der Waals surface area (Å²) < 4.78 is 31.9. The second-order valence-electron chi connectivity index (χ2n) is 5.73. The smallest absolute Gasteiger partial charge is 0.304 e. The summed E-state index contributed by atoms with van der Waals surface area (Å²) in [6, 6.07) is 12.7. The van der Waals surface area contributed by atoms with Crippen LogP contribution in [0.3, 0.4) is 0 Å². The predicted octanol–water partition coefficient (Wildman–Crippen LogP) is 2.73. The van der Waals surface area contributed by atoms with E-state index in [1.165, 1.54) is 30.3 Å². The Morgan fingerprint density at radius 3 is 2.43 bits per heavy atom. The van der Waals surface area contributed by atoms with Crippen LogP contribution in [-0.4, -0.2) is 38.4 Å². The molecule has 2 aromatic rings. The minimum Gasteiger partial charge on any atom is -0.493 e. The molecule has 28 heavy (non-hydrogen) atoms. The fourth-order valence-electron chi connectivity index (χ4n) is 2.34. The fraction of sp³-hybridized carbons (Fsp3) is 0.200. The van der Waals surface area contributed by atoms with Crippen molar-refractivity contribution in [2.75, 3.05) is 13.2 Å². The van der Waals surface area contributed by atoms with Gasteiger partial charge in [-0.25, -0.2) is 13.1 Å². The number of nitrogens with one attached hydrogen (secondary N) is 1. The van der Waals surface area contributed by atoms with Gasteiger partial charge in [0.15, 0.2) is 5.78 Å². The van der Waals surface area contributed by atoms with E-state index < -0.39 is 16.0 Å². The molecule has 0 unspecified atom stereocenters. The quantitative estimate of drug-likeness (QED) is 0.466. The number of aliphatic carboxylic acids is 1.